The van der Waals surface area contributed by atoms with E-state index in [1.807, 2.05) is 0 Å². The molecule has 1 aromatic carbocycles. The second-order valence-corrected chi connectivity index (χ2v) is 7.41. The van der Waals surface area contributed by atoms with Gasteiger partial charge in [0.25, 0.3) is 0 Å². The van der Waals surface area contributed by atoms with Gasteiger partial charge in [-0.25, -0.2) is 0 Å². The number of hydrogen-bond donors (Lipinski definition) is 0. The summed E-state index contributed by atoms with van der Waals surface area (Å²) in [6.45, 7) is 10.3. The molecule has 0 unspecified atom stereocenters. The van der Waals surface area contributed by atoms with Crippen LogP contribution in [0.4, 0.5) is 0 Å². The molecule has 0 aliphatic carbocycles. The van der Waals surface area contributed by atoms with Crippen molar-refractivity contribution in [2.75, 3.05) is 46.9 Å². The van der Waals surface area contributed by atoms with Crippen LogP contribution in [0.5, 0.6) is 5.75 Å². The number of nitrogens with zero attached hydrogens (tertiary/aromatic N) is 2. The van der Waals surface area contributed by atoms with Crippen molar-refractivity contribution in [3.05, 3.63) is 41.5 Å². The average molecular weight is 331 g/mol. The number of benzene rings is 1. The minimum absolute atomic E-state index is 0.810. The molecule has 0 N–H and O–H groups in total. The molecular weight excluding hydrogens is 296 g/mol. The number of ether oxygens (including phenoxy) is 1. The highest BCUT2D eigenvalue weighted by molar-refractivity contribution is 5.27. The van der Waals surface area contributed by atoms with E-state index in [0.717, 1.165) is 24.6 Å². The lowest BCUT2D eigenvalue weighted by Gasteiger charge is -2.34. The third-order valence-electron chi connectivity index (χ3n) is 4.86. The van der Waals surface area contributed by atoms with Gasteiger partial charge >= 0.3 is 0 Å². The zero-order valence-corrected chi connectivity index (χ0v) is 15.9. The van der Waals surface area contributed by atoms with Crippen molar-refractivity contribution in [3.63, 3.8) is 0 Å². The smallest absolute Gasteiger partial charge is 0.118 e. The summed E-state index contributed by atoms with van der Waals surface area (Å²) in [4.78, 5) is 5.11. The Bertz CT molecular complexity index is 505. The zero-order chi connectivity index (χ0) is 17.4. The van der Waals surface area contributed by atoms with Crippen molar-refractivity contribution in [3.8, 4) is 5.75 Å². The van der Waals surface area contributed by atoms with Gasteiger partial charge in [0, 0.05) is 26.2 Å². The van der Waals surface area contributed by atoms with Crippen molar-refractivity contribution >= 4 is 0 Å². The Labute approximate surface area is 148 Å². The van der Waals surface area contributed by atoms with Gasteiger partial charge in [-0.15, -0.1) is 0 Å². The van der Waals surface area contributed by atoms with Gasteiger partial charge in [-0.05, 0) is 70.3 Å². The normalized spacial score (nSPS) is 18.6. The summed E-state index contributed by atoms with van der Waals surface area (Å²) in [5.74, 6) is 1.75. The molecule has 0 bridgehead atoms. The largest absolute Gasteiger partial charge is 0.497 e. The Kier molecular flexibility index (Phi) is 7.80. The molecule has 24 heavy (non-hydrogen) atoms. The molecule has 1 saturated heterocycles. The van der Waals surface area contributed by atoms with Crippen molar-refractivity contribution < 1.29 is 4.74 Å². The van der Waals surface area contributed by atoms with Gasteiger partial charge in [0.2, 0.25) is 0 Å². The first kappa shape index (κ1) is 19.0. The molecular formula is C21H34N2O. The van der Waals surface area contributed by atoms with Crippen molar-refractivity contribution in [2.45, 2.75) is 33.1 Å². The number of likely N-dealkylation sites (tertiary alicyclic amines) is 1. The molecule has 1 aromatic rings. The maximum Gasteiger partial charge on any atom is 0.118 e. The van der Waals surface area contributed by atoms with Crippen LogP contribution < -0.4 is 4.74 Å². The van der Waals surface area contributed by atoms with E-state index in [4.69, 9.17) is 4.74 Å². The van der Waals surface area contributed by atoms with E-state index in [1.165, 1.54) is 50.2 Å². The summed E-state index contributed by atoms with van der Waals surface area (Å²) in [6, 6.07) is 8.50. The Hall–Kier alpha value is -1.32. The first-order valence-corrected chi connectivity index (χ1v) is 9.24. The molecule has 134 valence electrons. The van der Waals surface area contributed by atoms with Gasteiger partial charge in [0.15, 0.2) is 0 Å². The van der Waals surface area contributed by atoms with Gasteiger partial charge in [-0.2, -0.15) is 0 Å². The summed E-state index contributed by atoms with van der Waals surface area (Å²) in [6.07, 6.45) is 6.16. The van der Waals surface area contributed by atoms with Gasteiger partial charge in [0.1, 0.15) is 5.75 Å². The predicted octanol–water partition coefficient (Wildman–Crippen LogP) is 3.85. The molecule has 0 radical (unpaired) electrons. The molecule has 3 nitrogen and oxygen atoms in total. The Morgan fingerprint density at radius 3 is 2.71 bits per heavy atom. The summed E-state index contributed by atoms with van der Waals surface area (Å²) in [7, 11) is 3.97. The Balaban J connectivity index is 1.74. The van der Waals surface area contributed by atoms with Crippen LogP contribution in [-0.2, 0) is 6.42 Å². The van der Waals surface area contributed by atoms with Crippen LogP contribution >= 0.6 is 0 Å². The number of hydrogen-bond acceptors (Lipinski definition) is 3. The van der Waals surface area contributed by atoms with Crippen molar-refractivity contribution in [1.82, 2.24) is 9.80 Å². The highest BCUT2D eigenvalue weighted by atomic mass is 16.5. The van der Waals surface area contributed by atoms with Crippen molar-refractivity contribution in [1.29, 1.82) is 0 Å². The Morgan fingerprint density at radius 1 is 1.29 bits per heavy atom. The molecule has 0 aromatic heterocycles. The SMILES string of the molecule is COc1ccc(CCN2CCC[C@@H](CN(C)CC=C(C)C)C2)cc1. The molecule has 1 aliphatic rings. The van der Waals surface area contributed by atoms with Gasteiger partial charge in [-0.3, -0.25) is 0 Å². The second-order valence-electron chi connectivity index (χ2n) is 7.41. The van der Waals surface area contributed by atoms with E-state index in [2.05, 4.69) is 61.0 Å². The lowest BCUT2D eigenvalue weighted by Crippen LogP contribution is -2.41. The topological polar surface area (TPSA) is 15.7 Å². The number of piperidine rings is 1. The highest BCUT2D eigenvalue weighted by Gasteiger charge is 2.20. The number of methoxy groups -OCH3 is 1. The first-order chi connectivity index (χ1) is 11.6. The maximum atomic E-state index is 5.23. The molecule has 1 aliphatic heterocycles. The summed E-state index contributed by atoms with van der Waals surface area (Å²) >= 11 is 0. The molecule has 0 saturated carbocycles. The van der Waals surface area contributed by atoms with Crippen LogP contribution in [0.15, 0.2) is 35.9 Å². The molecule has 0 spiro atoms. The summed E-state index contributed by atoms with van der Waals surface area (Å²) in [5.41, 5.74) is 2.81. The lowest BCUT2D eigenvalue weighted by molar-refractivity contribution is 0.148. The standard InChI is InChI=1S/C21H34N2O/c1-18(2)11-14-22(3)16-20-6-5-13-23(17-20)15-12-19-7-9-21(24-4)10-8-19/h7-11,20H,5-6,12-17H2,1-4H3/t20-/m0/s1. The van der Waals surface area contributed by atoms with E-state index in [-0.39, 0.29) is 0 Å². The fourth-order valence-corrected chi connectivity index (χ4v) is 3.44. The third-order valence-corrected chi connectivity index (χ3v) is 4.86. The summed E-state index contributed by atoms with van der Waals surface area (Å²) in [5, 5.41) is 0. The molecule has 1 atom stereocenters. The third kappa shape index (κ3) is 6.66. The van der Waals surface area contributed by atoms with Gasteiger partial charge < -0.3 is 14.5 Å². The quantitative estimate of drug-likeness (QED) is 0.673. The monoisotopic (exact) mass is 330 g/mol. The van der Waals surface area contributed by atoms with Gasteiger partial charge in [0.05, 0.1) is 7.11 Å². The molecule has 0 amide bonds. The fourth-order valence-electron chi connectivity index (χ4n) is 3.44. The predicted molar refractivity (Wildman–Crippen MR) is 103 cm³/mol. The summed E-state index contributed by atoms with van der Waals surface area (Å²) < 4.78 is 5.23. The highest BCUT2D eigenvalue weighted by Crippen LogP contribution is 2.18. The number of likely N-dealkylation sites (N-methyl/N-ethyl adjacent to an activating group) is 1. The van der Waals surface area contributed by atoms with E-state index >= 15 is 0 Å². The van der Waals surface area contributed by atoms with Crippen LogP contribution in [-0.4, -0.2) is 56.7 Å². The zero-order valence-electron chi connectivity index (χ0n) is 15.9. The van der Waals surface area contributed by atoms with Crippen LogP contribution in [0.3, 0.4) is 0 Å². The minimum atomic E-state index is 0.810. The van der Waals surface area contributed by atoms with E-state index in [0.29, 0.717) is 0 Å². The van der Waals surface area contributed by atoms with Crippen LogP contribution in [0.2, 0.25) is 0 Å². The molecule has 1 fully saturated rings. The van der Waals surface area contributed by atoms with Crippen LogP contribution in [0, 0.1) is 5.92 Å². The van der Waals surface area contributed by atoms with Gasteiger partial charge in [-0.1, -0.05) is 23.8 Å². The van der Waals surface area contributed by atoms with Crippen LogP contribution in [0.1, 0.15) is 32.3 Å². The molecule has 1 heterocycles. The average Bonchev–Trinajstić information content (AvgIpc) is 2.59. The Morgan fingerprint density at radius 2 is 2.04 bits per heavy atom. The van der Waals surface area contributed by atoms with Crippen molar-refractivity contribution in [2.24, 2.45) is 5.92 Å². The first-order valence-electron chi connectivity index (χ1n) is 9.24. The maximum absolute atomic E-state index is 5.23. The number of rotatable bonds is 8. The second kappa shape index (κ2) is 9.85. The number of allylic oxidation sites excluding steroid dienone is 1. The minimum Gasteiger partial charge on any atom is -0.497 e. The van der Waals surface area contributed by atoms with E-state index < -0.39 is 0 Å². The van der Waals surface area contributed by atoms with E-state index in [9.17, 15) is 0 Å². The van der Waals surface area contributed by atoms with E-state index in [1.54, 1.807) is 7.11 Å². The van der Waals surface area contributed by atoms with Crippen LogP contribution in [0.25, 0.3) is 0 Å². The lowest BCUT2D eigenvalue weighted by atomic mass is 9.97. The fraction of sp³-hybridized carbons (Fsp3) is 0.619. The molecule has 3 heteroatoms. The molecule has 2 rings (SSSR count).